The van der Waals surface area contributed by atoms with Crippen LogP contribution in [0.2, 0.25) is 0 Å². The number of benzene rings is 2. The number of carbonyl (C=O) groups is 3. The number of anilines is 2. The molecule has 0 aliphatic carbocycles. The molecule has 0 saturated heterocycles. The van der Waals surface area contributed by atoms with E-state index in [0.717, 1.165) is 19.3 Å². The molecule has 0 bridgehead atoms. The van der Waals surface area contributed by atoms with Gasteiger partial charge in [-0.2, -0.15) is 0 Å². The summed E-state index contributed by atoms with van der Waals surface area (Å²) in [5.74, 6) is -0.803. The first kappa shape index (κ1) is 27.9. The van der Waals surface area contributed by atoms with Crippen molar-refractivity contribution in [3.05, 3.63) is 54.1 Å². The number of hydrogen-bond acceptors (Lipinski definition) is 5. The molecule has 0 atom stereocenters. The molecule has 7 nitrogen and oxygen atoms in total. The number of esters is 1. The van der Waals surface area contributed by atoms with Crippen LogP contribution in [0.5, 0.6) is 5.75 Å². The number of nitrogens with one attached hydrogen (secondary N) is 2. The van der Waals surface area contributed by atoms with Gasteiger partial charge >= 0.3 is 5.97 Å². The van der Waals surface area contributed by atoms with Crippen molar-refractivity contribution < 1.29 is 23.9 Å². The average molecular weight is 483 g/mol. The maximum absolute atomic E-state index is 12.6. The molecule has 35 heavy (non-hydrogen) atoms. The number of para-hydroxylation sites is 3. The molecule has 2 amide bonds. The molecule has 0 aromatic heterocycles. The minimum absolute atomic E-state index is 0.137. The maximum Gasteiger partial charge on any atom is 0.340 e. The van der Waals surface area contributed by atoms with Crippen molar-refractivity contribution in [2.45, 2.75) is 71.1 Å². The highest BCUT2D eigenvalue weighted by atomic mass is 16.5. The monoisotopic (exact) mass is 482 g/mol. The van der Waals surface area contributed by atoms with E-state index in [1.165, 1.54) is 45.6 Å². The normalized spacial score (nSPS) is 10.5. The van der Waals surface area contributed by atoms with E-state index in [1.54, 1.807) is 48.5 Å². The van der Waals surface area contributed by atoms with Crippen LogP contribution in [0.15, 0.2) is 48.5 Å². The van der Waals surface area contributed by atoms with Crippen molar-refractivity contribution in [3.8, 4) is 5.75 Å². The van der Waals surface area contributed by atoms with Gasteiger partial charge in [0.2, 0.25) is 5.91 Å². The number of rotatable bonds is 16. The predicted molar refractivity (Wildman–Crippen MR) is 139 cm³/mol. The molecular formula is C28H38N2O5. The Morgan fingerprint density at radius 2 is 1.29 bits per heavy atom. The Morgan fingerprint density at radius 1 is 0.714 bits per heavy atom. The van der Waals surface area contributed by atoms with Crippen LogP contribution in [0.4, 0.5) is 11.4 Å². The molecule has 190 valence electrons. The third-order valence-corrected chi connectivity index (χ3v) is 5.64. The van der Waals surface area contributed by atoms with Crippen LogP contribution in [0.1, 0.15) is 81.5 Å². The highest BCUT2D eigenvalue weighted by Gasteiger charge is 2.16. The van der Waals surface area contributed by atoms with Crippen molar-refractivity contribution in [1.82, 2.24) is 0 Å². The Kier molecular flexibility index (Phi) is 13.0. The number of unbranched alkanes of at least 4 members (excludes halogenated alkanes) is 8. The van der Waals surface area contributed by atoms with Crippen molar-refractivity contribution in [2.75, 3.05) is 24.4 Å². The van der Waals surface area contributed by atoms with E-state index in [2.05, 4.69) is 17.6 Å². The van der Waals surface area contributed by atoms with E-state index < -0.39 is 18.5 Å². The fourth-order valence-corrected chi connectivity index (χ4v) is 3.72. The summed E-state index contributed by atoms with van der Waals surface area (Å²) < 4.78 is 10.4. The molecule has 2 aromatic rings. The van der Waals surface area contributed by atoms with Crippen LogP contribution in [-0.2, 0) is 14.3 Å². The molecule has 0 unspecified atom stereocenters. The molecule has 0 spiro atoms. The van der Waals surface area contributed by atoms with E-state index in [0.29, 0.717) is 23.5 Å². The predicted octanol–water partition coefficient (Wildman–Crippen LogP) is 6.35. The van der Waals surface area contributed by atoms with Gasteiger partial charge < -0.3 is 20.1 Å². The summed E-state index contributed by atoms with van der Waals surface area (Å²) in [6, 6.07) is 13.6. The standard InChI is InChI=1S/C28H38N2O5/c1-3-4-5-6-7-8-9-10-11-20-26(31)29-23-17-13-12-16-22(23)28(33)35-21-27(32)30-24-18-14-15-19-25(24)34-2/h12-19H,3-11,20-21H2,1-2H3,(H,29,31)(H,30,32). The summed E-state index contributed by atoms with van der Waals surface area (Å²) in [4.78, 5) is 37.2. The third-order valence-electron chi connectivity index (χ3n) is 5.64. The molecular weight excluding hydrogens is 444 g/mol. The lowest BCUT2D eigenvalue weighted by atomic mass is 10.1. The second-order valence-electron chi connectivity index (χ2n) is 8.50. The average Bonchev–Trinajstić information content (AvgIpc) is 2.87. The van der Waals surface area contributed by atoms with Gasteiger partial charge in [-0.25, -0.2) is 4.79 Å². The smallest absolute Gasteiger partial charge is 0.340 e. The summed E-state index contributed by atoms with van der Waals surface area (Å²) in [5, 5.41) is 5.46. The lowest BCUT2D eigenvalue weighted by molar-refractivity contribution is -0.119. The van der Waals surface area contributed by atoms with Crippen LogP contribution in [0.25, 0.3) is 0 Å². The van der Waals surface area contributed by atoms with Gasteiger partial charge in [0.05, 0.1) is 24.0 Å². The number of ether oxygens (including phenoxy) is 2. The first-order valence-electron chi connectivity index (χ1n) is 12.5. The van der Waals surface area contributed by atoms with Crippen molar-refractivity contribution in [2.24, 2.45) is 0 Å². The van der Waals surface area contributed by atoms with Crippen LogP contribution in [0, 0.1) is 0 Å². The van der Waals surface area contributed by atoms with E-state index in [9.17, 15) is 14.4 Å². The largest absolute Gasteiger partial charge is 0.495 e. The zero-order valence-corrected chi connectivity index (χ0v) is 20.9. The second kappa shape index (κ2) is 16.3. The summed E-state index contributed by atoms with van der Waals surface area (Å²) in [6.45, 7) is 1.76. The summed E-state index contributed by atoms with van der Waals surface area (Å²) >= 11 is 0. The molecule has 2 aromatic carbocycles. The zero-order valence-electron chi connectivity index (χ0n) is 20.9. The SMILES string of the molecule is CCCCCCCCCCCC(=O)Nc1ccccc1C(=O)OCC(=O)Nc1ccccc1OC. The van der Waals surface area contributed by atoms with Crippen LogP contribution >= 0.6 is 0 Å². The Morgan fingerprint density at radius 3 is 1.97 bits per heavy atom. The number of hydrogen-bond donors (Lipinski definition) is 2. The minimum Gasteiger partial charge on any atom is -0.495 e. The number of amides is 2. The molecule has 0 heterocycles. The molecule has 2 N–H and O–H groups in total. The molecule has 0 saturated carbocycles. The molecule has 7 heteroatoms. The summed E-state index contributed by atoms with van der Waals surface area (Å²) in [5.41, 5.74) is 1.07. The van der Waals surface area contributed by atoms with Crippen molar-refractivity contribution in [1.29, 1.82) is 0 Å². The molecule has 0 radical (unpaired) electrons. The van der Waals surface area contributed by atoms with Gasteiger partial charge in [-0.1, -0.05) is 82.6 Å². The number of methoxy groups -OCH3 is 1. The fraction of sp³-hybridized carbons (Fsp3) is 0.464. The van der Waals surface area contributed by atoms with Gasteiger partial charge in [-0.3, -0.25) is 9.59 Å². The fourth-order valence-electron chi connectivity index (χ4n) is 3.72. The Hall–Kier alpha value is -3.35. The third kappa shape index (κ3) is 10.6. The van der Waals surface area contributed by atoms with Gasteiger partial charge in [-0.05, 0) is 30.7 Å². The Balaban J connectivity index is 1.75. The van der Waals surface area contributed by atoms with Crippen molar-refractivity contribution >= 4 is 29.2 Å². The van der Waals surface area contributed by atoms with Crippen LogP contribution in [0.3, 0.4) is 0 Å². The first-order chi connectivity index (χ1) is 17.0. The first-order valence-corrected chi connectivity index (χ1v) is 12.5. The van der Waals surface area contributed by atoms with Gasteiger partial charge in [0.25, 0.3) is 5.91 Å². The molecule has 0 fully saturated rings. The van der Waals surface area contributed by atoms with Gasteiger partial charge in [0.15, 0.2) is 6.61 Å². The van der Waals surface area contributed by atoms with Gasteiger partial charge in [-0.15, -0.1) is 0 Å². The summed E-state index contributed by atoms with van der Waals surface area (Å²) in [6.07, 6.45) is 11.0. The lowest BCUT2D eigenvalue weighted by Crippen LogP contribution is -2.22. The highest BCUT2D eigenvalue weighted by Crippen LogP contribution is 2.23. The van der Waals surface area contributed by atoms with Gasteiger partial charge in [0, 0.05) is 6.42 Å². The summed E-state index contributed by atoms with van der Waals surface area (Å²) in [7, 11) is 1.51. The quantitative estimate of drug-likeness (QED) is 0.215. The lowest BCUT2D eigenvalue weighted by Gasteiger charge is -2.12. The van der Waals surface area contributed by atoms with E-state index >= 15 is 0 Å². The highest BCUT2D eigenvalue weighted by molar-refractivity contribution is 6.02. The van der Waals surface area contributed by atoms with Crippen molar-refractivity contribution in [3.63, 3.8) is 0 Å². The van der Waals surface area contributed by atoms with Crippen LogP contribution < -0.4 is 15.4 Å². The Labute approximate surface area is 208 Å². The van der Waals surface area contributed by atoms with E-state index in [4.69, 9.17) is 9.47 Å². The van der Waals surface area contributed by atoms with E-state index in [1.807, 2.05) is 0 Å². The maximum atomic E-state index is 12.6. The zero-order chi connectivity index (χ0) is 25.3. The second-order valence-corrected chi connectivity index (χ2v) is 8.50. The molecule has 0 aliphatic rings. The topological polar surface area (TPSA) is 93.7 Å². The molecule has 0 aliphatic heterocycles. The Bertz CT molecular complexity index is 944. The minimum atomic E-state index is -0.681. The van der Waals surface area contributed by atoms with E-state index in [-0.39, 0.29) is 11.5 Å². The number of carbonyl (C=O) groups excluding carboxylic acids is 3. The van der Waals surface area contributed by atoms with Gasteiger partial charge in [0.1, 0.15) is 5.75 Å². The van der Waals surface area contributed by atoms with Crippen LogP contribution in [-0.4, -0.2) is 31.5 Å². The molecule has 2 rings (SSSR count).